The van der Waals surface area contributed by atoms with E-state index in [9.17, 15) is 0 Å². The van der Waals surface area contributed by atoms with Crippen molar-refractivity contribution in [3.63, 3.8) is 0 Å². The minimum atomic E-state index is 0.519. The van der Waals surface area contributed by atoms with Crippen molar-refractivity contribution in [2.45, 2.75) is 31.8 Å². The van der Waals surface area contributed by atoms with E-state index in [-0.39, 0.29) is 0 Å². The number of hydrogen-bond donors (Lipinski definition) is 2. The molecule has 0 aromatic heterocycles. The zero-order valence-electron chi connectivity index (χ0n) is 12.3. The van der Waals surface area contributed by atoms with Crippen LogP contribution < -0.4 is 10.6 Å². The average Bonchev–Trinajstić information content (AvgIpc) is 2.61. The third-order valence-electron chi connectivity index (χ3n) is 3.78. The molecule has 1 aliphatic rings. The van der Waals surface area contributed by atoms with Crippen LogP contribution in [0.1, 0.15) is 36.4 Å². The predicted octanol–water partition coefficient (Wildman–Crippen LogP) is 2.15. The maximum atomic E-state index is 3.73. The van der Waals surface area contributed by atoms with Gasteiger partial charge in [-0.2, -0.15) is 0 Å². The van der Waals surface area contributed by atoms with E-state index in [2.05, 4.69) is 53.9 Å². The molecule has 0 spiro atoms. The van der Waals surface area contributed by atoms with Crippen molar-refractivity contribution in [1.29, 1.82) is 0 Å². The van der Waals surface area contributed by atoms with Crippen LogP contribution in [-0.2, 0) is 6.54 Å². The summed E-state index contributed by atoms with van der Waals surface area (Å²) in [6.45, 7) is 4.41. The van der Waals surface area contributed by atoms with Crippen LogP contribution in [0.25, 0.3) is 0 Å². The van der Waals surface area contributed by atoms with Crippen molar-refractivity contribution in [3.05, 3.63) is 35.4 Å². The van der Waals surface area contributed by atoms with Gasteiger partial charge in [0.25, 0.3) is 0 Å². The fourth-order valence-corrected chi connectivity index (χ4v) is 2.70. The summed E-state index contributed by atoms with van der Waals surface area (Å²) < 4.78 is 0. The first-order valence-electron chi connectivity index (χ1n) is 7.44. The van der Waals surface area contributed by atoms with Gasteiger partial charge in [0.05, 0.1) is 0 Å². The lowest BCUT2D eigenvalue weighted by molar-refractivity contribution is 0.386. The summed E-state index contributed by atoms with van der Waals surface area (Å²) in [6, 6.07) is 9.34. The first-order valence-corrected chi connectivity index (χ1v) is 7.44. The Hall–Kier alpha value is -0.900. The minimum Gasteiger partial charge on any atom is -0.313 e. The van der Waals surface area contributed by atoms with E-state index in [0.717, 1.165) is 19.6 Å². The van der Waals surface area contributed by atoms with E-state index in [0.29, 0.717) is 6.04 Å². The number of unbranched alkanes of at least 4 members (excludes halogenated alkanes) is 1. The van der Waals surface area contributed by atoms with E-state index in [1.54, 1.807) is 0 Å². The van der Waals surface area contributed by atoms with Crippen molar-refractivity contribution in [1.82, 2.24) is 15.5 Å². The molecule has 1 aromatic rings. The summed E-state index contributed by atoms with van der Waals surface area (Å²) in [5.41, 5.74) is 2.94. The second-order valence-corrected chi connectivity index (χ2v) is 5.68. The topological polar surface area (TPSA) is 27.3 Å². The molecule has 1 atom stereocenters. The Morgan fingerprint density at radius 3 is 2.95 bits per heavy atom. The second-order valence-electron chi connectivity index (χ2n) is 5.68. The fraction of sp³-hybridized carbons (Fsp3) is 0.625. The summed E-state index contributed by atoms with van der Waals surface area (Å²) >= 11 is 0. The lowest BCUT2D eigenvalue weighted by Gasteiger charge is -2.19. The molecule has 0 saturated heterocycles. The monoisotopic (exact) mass is 261 g/mol. The number of nitrogens with one attached hydrogen (secondary N) is 2. The van der Waals surface area contributed by atoms with Gasteiger partial charge in [-0.3, -0.25) is 0 Å². The molecule has 3 heteroatoms. The Bertz CT molecular complexity index is 376. The van der Waals surface area contributed by atoms with E-state index in [4.69, 9.17) is 0 Å². The quantitative estimate of drug-likeness (QED) is 0.768. The highest BCUT2D eigenvalue weighted by Gasteiger charge is 2.16. The fourth-order valence-electron chi connectivity index (χ4n) is 2.70. The van der Waals surface area contributed by atoms with Crippen molar-refractivity contribution in [2.75, 3.05) is 33.7 Å². The van der Waals surface area contributed by atoms with Gasteiger partial charge in [-0.1, -0.05) is 24.3 Å². The first kappa shape index (κ1) is 14.5. The van der Waals surface area contributed by atoms with Crippen LogP contribution in [0.15, 0.2) is 24.3 Å². The maximum Gasteiger partial charge on any atom is 0.0335 e. The first-order chi connectivity index (χ1) is 9.27. The van der Waals surface area contributed by atoms with Crippen LogP contribution in [0.3, 0.4) is 0 Å². The lowest BCUT2D eigenvalue weighted by atomic mass is 9.99. The Morgan fingerprint density at radius 1 is 1.26 bits per heavy atom. The average molecular weight is 261 g/mol. The number of benzene rings is 1. The molecule has 1 heterocycles. The van der Waals surface area contributed by atoms with Crippen molar-refractivity contribution in [3.8, 4) is 0 Å². The molecule has 1 aromatic carbocycles. The Balaban J connectivity index is 1.83. The van der Waals surface area contributed by atoms with Crippen LogP contribution in [-0.4, -0.2) is 38.6 Å². The maximum absolute atomic E-state index is 3.73. The molecule has 0 saturated carbocycles. The van der Waals surface area contributed by atoms with Gasteiger partial charge in [-0.15, -0.1) is 0 Å². The molecule has 1 aliphatic heterocycles. The van der Waals surface area contributed by atoms with Crippen molar-refractivity contribution >= 4 is 0 Å². The summed E-state index contributed by atoms with van der Waals surface area (Å²) in [6.07, 6.45) is 3.71. The molecular weight excluding hydrogens is 234 g/mol. The highest BCUT2D eigenvalue weighted by atomic mass is 15.0. The van der Waals surface area contributed by atoms with Crippen LogP contribution >= 0.6 is 0 Å². The molecule has 0 aliphatic carbocycles. The number of rotatable bonds is 6. The molecule has 0 radical (unpaired) electrons. The van der Waals surface area contributed by atoms with Gasteiger partial charge >= 0.3 is 0 Å². The predicted molar refractivity (Wildman–Crippen MR) is 81.3 cm³/mol. The van der Waals surface area contributed by atoms with Crippen molar-refractivity contribution in [2.24, 2.45) is 0 Å². The van der Waals surface area contributed by atoms with Crippen LogP contribution in [0, 0.1) is 0 Å². The molecule has 0 fully saturated rings. The molecule has 2 N–H and O–H groups in total. The zero-order valence-corrected chi connectivity index (χ0v) is 12.3. The SMILES string of the molecule is CN(C)CCCCNC1CCNCc2ccccc21. The molecule has 2 rings (SSSR count). The molecule has 3 nitrogen and oxygen atoms in total. The van der Waals surface area contributed by atoms with Gasteiger partial charge in [-0.05, 0) is 64.1 Å². The van der Waals surface area contributed by atoms with E-state index >= 15 is 0 Å². The summed E-state index contributed by atoms with van der Waals surface area (Å²) in [5, 5.41) is 7.24. The van der Waals surface area contributed by atoms with Gasteiger partial charge in [0.15, 0.2) is 0 Å². The number of fused-ring (bicyclic) bond motifs is 1. The normalized spacial score (nSPS) is 19.2. The number of hydrogen-bond acceptors (Lipinski definition) is 3. The Kier molecular flexibility index (Phi) is 5.83. The van der Waals surface area contributed by atoms with Gasteiger partial charge in [0.1, 0.15) is 0 Å². The second kappa shape index (κ2) is 7.63. The molecule has 1 unspecified atom stereocenters. The Labute approximate surface area is 117 Å². The summed E-state index contributed by atoms with van der Waals surface area (Å²) in [7, 11) is 4.28. The van der Waals surface area contributed by atoms with E-state index in [1.165, 1.54) is 36.9 Å². The van der Waals surface area contributed by atoms with Crippen LogP contribution in [0.2, 0.25) is 0 Å². The zero-order chi connectivity index (χ0) is 13.5. The molecule has 0 bridgehead atoms. The largest absolute Gasteiger partial charge is 0.313 e. The van der Waals surface area contributed by atoms with Gasteiger partial charge in [0.2, 0.25) is 0 Å². The highest BCUT2D eigenvalue weighted by molar-refractivity contribution is 5.30. The molecular formula is C16H27N3. The highest BCUT2D eigenvalue weighted by Crippen LogP contribution is 2.23. The minimum absolute atomic E-state index is 0.519. The van der Waals surface area contributed by atoms with Crippen molar-refractivity contribution < 1.29 is 0 Å². The van der Waals surface area contributed by atoms with Gasteiger partial charge in [-0.25, -0.2) is 0 Å². The van der Waals surface area contributed by atoms with E-state index in [1.807, 2.05) is 0 Å². The van der Waals surface area contributed by atoms with Gasteiger partial charge in [0, 0.05) is 12.6 Å². The molecule has 0 amide bonds. The summed E-state index contributed by atoms with van der Waals surface area (Å²) in [5.74, 6) is 0. The third-order valence-corrected chi connectivity index (χ3v) is 3.78. The Morgan fingerprint density at radius 2 is 2.11 bits per heavy atom. The third kappa shape index (κ3) is 4.60. The standard InChI is InChI=1S/C16H27N3/c1-19(2)12-6-5-10-18-16-9-11-17-13-14-7-3-4-8-15(14)16/h3-4,7-8,16-18H,5-6,9-13H2,1-2H3. The van der Waals surface area contributed by atoms with E-state index < -0.39 is 0 Å². The summed E-state index contributed by atoms with van der Waals surface area (Å²) in [4.78, 5) is 2.25. The smallest absolute Gasteiger partial charge is 0.0335 e. The lowest BCUT2D eigenvalue weighted by Crippen LogP contribution is -2.25. The van der Waals surface area contributed by atoms with Crippen LogP contribution in [0.4, 0.5) is 0 Å². The van der Waals surface area contributed by atoms with Gasteiger partial charge < -0.3 is 15.5 Å². The molecule has 106 valence electrons. The van der Waals surface area contributed by atoms with Crippen LogP contribution in [0.5, 0.6) is 0 Å². The molecule has 19 heavy (non-hydrogen) atoms. The number of nitrogens with zero attached hydrogens (tertiary/aromatic N) is 1.